The van der Waals surface area contributed by atoms with Crippen LogP contribution >= 0.6 is 15.9 Å². The highest BCUT2D eigenvalue weighted by Gasteiger charge is 2.01. The van der Waals surface area contributed by atoms with Gasteiger partial charge in [0.05, 0.1) is 0 Å². The monoisotopic (exact) mass is 237 g/mol. The lowest BCUT2D eigenvalue weighted by molar-refractivity contribution is -0.111. The van der Waals surface area contributed by atoms with Gasteiger partial charge in [0.25, 0.3) is 5.91 Å². The molecule has 0 aliphatic carbocycles. The second-order valence-electron chi connectivity index (χ2n) is 2.56. The number of amides is 1. The molecule has 1 N–H and O–H groups in total. The van der Waals surface area contributed by atoms with Gasteiger partial charge in [0.15, 0.2) is 0 Å². The van der Waals surface area contributed by atoms with E-state index >= 15 is 0 Å². The SMILES string of the molecule is C#CC(=O)Nc1ccc(Br)cc1C. The van der Waals surface area contributed by atoms with E-state index in [4.69, 9.17) is 6.42 Å². The Hall–Kier alpha value is -1.27. The van der Waals surface area contributed by atoms with Crippen molar-refractivity contribution in [1.82, 2.24) is 0 Å². The number of anilines is 1. The zero-order valence-corrected chi connectivity index (χ0v) is 8.68. The van der Waals surface area contributed by atoms with Crippen LogP contribution in [-0.2, 0) is 4.79 Å². The molecule has 0 aliphatic heterocycles. The molecule has 2 nitrogen and oxygen atoms in total. The minimum atomic E-state index is -0.426. The average molecular weight is 238 g/mol. The fourth-order valence-corrected chi connectivity index (χ4v) is 1.40. The molecule has 0 atom stereocenters. The zero-order valence-electron chi connectivity index (χ0n) is 7.10. The predicted molar refractivity (Wildman–Crippen MR) is 56.3 cm³/mol. The van der Waals surface area contributed by atoms with Crippen LogP contribution in [0.5, 0.6) is 0 Å². The number of nitrogens with one attached hydrogen (secondary N) is 1. The van der Waals surface area contributed by atoms with E-state index in [0.29, 0.717) is 0 Å². The van der Waals surface area contributed by atoms with Crippen LogP contribution < -0.4 is 5.32 Å². The summed E-state index contributed by atoms with van der Waals surface area (Å²) in [5, 5.41) is 2.59. The molecule has 0 bridgehead atoms. The molecule has 1 amide bonds. The van der Waals surface area contributed by atoms with Crippen molar-refractivity contribution in [3.63, 3.8) is 0 Å². The summed E-state index contributed by atoms with van der Waals surface area (Å²) in [4.78, 5) is 10.9. The Morgan fingerprint density at radius 2 is 2.31 bits per heavy atom. The first-order chi connectivity index (χ1) is 6.13. The lowest BCUT2D eigenvalue weighted by atomic mass is 10.2. The highest BCUT2D eigenvalue weighted by atomic mass is 79.9. The number of terminal acetylenes is 1. The molecule has 0 fully saturated rings. The number of hydrogen-bond acceptors (Lipinski definition) is 1. The van der Waals surface area contributed by atoms with Crippen molar-refractivity contribution in [2.75, 3.05) is 5.32 Å². The minimum Gasteiger partial charge on any atom is -0.315 e. The van der Waals surface area contributed by atoms with E-state index in [1.165, 1.54) is 0 Å². The van der Waals surface area contributed by atoms with Gasteiger partial charge in [-0.2, -0.15) is 0 Å². The van der Waals surface area contributed by atoms with E-state index in [0.717, 1.165) is 15.7 Å². The third-order valence-corrected chi connectivity index (χ3v) is 2.06. The molecule has 0 saturated heterocycles. The number of benzene rings is 1. The molecule has 1 aromatic carbocycles. The van der Waals surface area contributed by atoms with Crippen LogP contribution in [0.2, 0.25) is 0 Å². The molecule has 0 radical (unpaired) electrons. The van der Waals surface area contributed by atoms with Gasteiger partial charge in [-0.05, 0) is 36.6 Å². The van der Waals surface area contributed by atoms with Gasteiger partial charge in [0, 0.05) is 10.2 Å². The quantitative estimate of drug-likeness (QED) is 0.747. The summed E-state index contributed by atoms with van der Waals surface area (Å²) in [6.07, 6.45) is 4.93. The van der Waals surface area contributed by atoms with Gasteiger partial charge in [0.1, 0.15) is 0 Å². The first kappa shape index (κ1) is 9.82. The molecule has 0 heterocycles. The summed E-state index contributed by atoms with van der Waals surface area (Å²) < 4.78 is 0.976. The molecule has 1 rings (SSSR count). The molecular weight excluding hydrogens is 230 g/mol. The largest absolute Gasteiger partial charge is 0.315 e. The fraction of sp³-hybridized carbons (Fsp3) is 0.100. The molecule has 0 aliphatic rings. The molecule has 13 heavy (non-hydrogen) atoms. The second-order valence-corrected chi connectivity index (χ2v) is 3.47. The average Bonchev–Trinajstić information content (AvgIpc) is 2.09. The van der Waals surface area contributed by atoms with Crippen LogP contribution in [0.25, 0.3) is 0 Å². The normalized spacial score (nSPS) is 9.00. The van der Waals surface area contributed by atoms with Gasteiger partial charge in [-0.3, -0.25) is 4.79 Å². The highest BCUT2D eigenvalue weighted by Crippen LogP contribution is 2.19. The van der Waals surface area contributed by atoms with Gasteiger partial charge < -0.3 is 5.32 Å². The van der Waals surface area contributed by atoms with Gasteiger partial charge in [-0.1, -0.05) is 15.9 Å². The Morgan fingerprint density at radius 3 is 2.85 bits per heavy atom. The van der Waals surface area contributed by atoms with E-state index in [1.807, 2.05) is 25.0 Å². The van der Waals surface area contributed by atoms with Gasteiger partial charge in [-0.15, -0.1) is 6.42 Å². The summed E-state index contributed by atoms with van der Waals surface area (Å²) >= 11 is 3.33. The maximum absolute atomic E-state index is 10.9. The van der Waals surface area contributed by atoms with Crippen molar-refractivity contribution in [2.45, 2.75) is 6.92 Å². The molecular formula is C10H8BrNO. The van der Waals surface area contributed by atoms with Crippen LogP contribution in [-0.4, -0.2) is 5.91 Å². The van der Waals surface area contributed by atoms with Crippen molar-refractivity contribution in [1.29, 1.82) is 0 Å². The van der Waals surface area contributed by atoms with Crippen molar-refractivity contribution in [3.05, 3.63) is 28.2 Å². The number of carbonyl (C=O) groups excluding carboxylic acids is 1. The number of hydrogen-bond donors (Lipinski definition) is 1. The third-order valence-electron chi connectivity index (χ3n) is 1.57. The second kappa shape index (κ2) is 4.11. The van der Waals surface area contributed by atoms with E-state index in [-0.39, 0.29) is 0 Å². The smallest absolute Gasteiger partial charge is 0.300 e. The number of carbonyl (C=O) groups is 1. The first-order valence-corrected chi connectivity index (χ1v) is 4.46. The van der Waals surface area contributed by atoms with Gasteiger partial charge >= 0.3 is 0 Å². The fourth-order valence-electron chi connectivity index (χ4n) is 0.926. The molecule has 0 unspecified atom stereocenters. The van der Waals surface area contributed by atoms with E-state index in [1.54, 1.807) is 6.07 Å². The summed E-state index contributed by atoms with van der Waals surface area (Å²) in [7, 11) is 0. The van der Waals surface area contributed by atoms with Crippen LogP contribution in [0, 0.1) is 19.3 Å². The molecule has 1 aromatic rings. The summed E-state index contributed by atoms with van der Waals surface area (Å²) in [5.74, 6) is 1.57. The Kier molecular flexibility index (Phi) is 3.10. The Labute approximate surface area is 85.5 Å². The van der Waals surface area contributed by atoms with E-state index in [9.17, 15) is 4.79 Å². The van der Waals surface area contributed by atoms with Gasteiger partial charge in [0.2, 0.25) is 0 Å². The summed E-state index contributed by atoms with van der Waals surface area (Å²) in [6.45, 7) is 1.90. The third kappa shape index (κ3) is 2.60. The Morgan fingerprint density at radius 1 is 1.62 bits per heavy atom. The highest BCUT2D eigenvalue weighted by molar-refractivity contribution is 9.10. The van der Waals surface area contributed by atoms with Gasteiger partial charge in [-0.25, -0.2) is 0 Å². The Balaban J connectivity index is 2.91. The van der Waals surface area contributed by atoms with Crippen LogP contribution in [0.1, 0.15) is 5.56 Å². The van der Waals surface area contributed by atoms with Crippen LogP contribution in [0.4, 0.5) is 5.69 Å². The van der Waals surface area contributed by atoms with Crippen molar-refractivity contribution >= 4 is 27.5 Å². The topological polar surface area (TPSA) is 29.1 Å². The number of rotatable bonds is 1. The maximum Gasteiger partial charge on any atom is 0.300 e. The van der Waals surface area contributed by atoms with Crippen LogP contribution in [0.15, 0.2) is 22.7 Å². The van der Waals surface area contributed by atoms with Crippen molar-refractivity contribution in [3.8, 4) is 12.3 Å². The van der Waals surface area contributed by atoms with E-state index < -0.39 is 5.91 Å². The van der Waals surface area contributed by atoms with E-state index in [2.05, 4.69) is 21.2 Å². The molecule has 0 saturated carbocycles. The predicted octanol–water partition coefficient (Wildman–Crippen LogP) is 2.33. The molecule has 3 heteroatoms. The van der Waals surface area contributed by atoms with Crippen LogP contribution in [0.3, 0.4) is 0 Å². The lowest BCUT2D eigenvalue weighted by Crippen LogP contribution is -2.08. The first-order valence-electron chi connectivity index (χ1n) is 3.67. The summed E-state index contributed by atoms with van der Waals surface area (Å²) in [5.41, 5.74) is 1.71. The molecule has 66 valence electrons. The standard InChI is InChI=1S/C10H8BrNO/c1-3-10(13)12-9-5-4-8(11)6-7(9)2/h1,4-6H,2H3,(H,12,13). The molecule has 0 spiro atoms. The Bertz CT molecular complexity index is 379. The number of aryl methyl sites for hydroxylation is 1. The van der Waals surface area contributed by atoms with Crippen molar-refractivity contribution < 1.29 is 4.79 Å². The maximum atomic E-state index is 10.9. The molecule has 0 aromatic heterocycles. The minimum absolute atomic E-state index is 0.426. The zero-order chi connectivity index (χ0) is 9.84. The lowest BCUT2D eigenvalue weighted by Gasteiger charge is -2.05. The number of halogens is 1. The summed E-state index contributed by atoms with van der Waals surface area (Å²) in [6, 6.07) is 5.56. The van der Waals surface area contributed by atoms with Crippen molar-refractivity contribution in [2.24, 2.45) is 0 Å².